The van der Waals surface area contributed by atoms with Gasteiger partial charge in [0, 0.05) is 16.8 Å². The molecule has 23 heavy (non-hydrogen) atoms. The number of hydrogen-bond acceptors (Lipinski definition) is 4. The van der Waals surface area contributed by atoms with Crippen LogP contribution < -0.4 is 5.73 Å². The van der Waals surface area contributed by atoms with Crippen LogP contribution in [0.3, 0.4) is 0 Å². The van der Waals surface area contributed by atoms with E-state index in [1.54, 1.807) is 6.20 Å². The Balaban J connectivity index is 2.11. The van der Waals surface area contributed by atoms with Crippen LogP contribution in [0.25, 0.3) is 22.4 Å². The van der Waals surface area contributed by atoms with Gasteiger partial charge in [0.25, 0.3) is 0 Å². The number of pyridine rings is 1. The van der Waals surface area contributed by atoms with Gasteiger partial charge in [0.05, 0.1) is 11.9 Å². The van der Waals surface area contributed by atoms with E-state index in [-0.39, 0.29) is 5.82 Å². The van der Waals surface area contributed by atoms with Crippen LogP contribution in [0.1, 0.15) is 22.4 Å². The number of nitrogen functional groups attached to an aromatic ring is 1. The Labute approximate surface area is 133 Å². The predicted molar refractivity (Wildman–Crippen MR) is 88.5 cm³/mol. The number of nitrogens with zero attached hydrogens (tertiary/aromatic N) is 3. The normalized spacial score (nSPS) is 12.3. The molecule has 0 bridgehead atoms. The van der Waals surface area contributed by atoms with Gasteiger partial charge in [-0.05, 0) is 36.5 Å². The number of nitrogens with one attached hydrogen (secondary N) is 1. The number of H-pyrrole nitrogens is 1. The zero-order chi connectivity index (χ0) is 16.0. The van der Waals surface area contributed by atoms with E-state index in [9.17, 15) is 5.26 Å². The van der Waals surface area contributed by atoms with Crippen molar-refractivity contribution in [3.8, 4) is 28.5 Å². The monoisotopic (exact) mass is 301 g/mol. The summed E-state index contributed by atoms with van der Waals surface area (Å²) in [7, 11) is 0. The number of aromatic amines is 1. The molecule has 4 rings (SSSR count). The molecule has 5 nitrogen and oxygen atoms in total. The third-order valence-electron chi connectivity index (χ3n) is 4.45. The van der Waals surface area contributed by atoms with E-state index in [1.165, 1.54) is 0 Å². The second-order valence-corrected chi connectivity index (χ2v) is 5.76. The number of aryl methyl sites for hydroxylation is 2. The number of nitrogens with two attached hydrogens (primary N) is 1. The molecule has 1 aliphatic rings. The van der Waals surface area contributed by atoms with Gasteiger partial charge in [-0.15, -0.1) is 0 Å². The van der Waals surface area contributed by atoms with Crippen LogP contribution >= 0.6 is 0 Å². The minimum absolute atomic E-state index is 0.276. The van der Waals surface area contributed by atoms with Crippen LogP contribution in [0.15, 0.2) is 30.5 Å². The van der Waals surface area contributed by atoms with Gasteiger partial charge >= 0.3 is 0 Å². The van der Waals surface area contributed by atoms with Gasteiger partial charge < -0.3 is 5.73 Å². The highest BCUT2D eigenvalue weighted by Crippen LogP contribution is 2.41. The van der Waals surface area contributed by atoms with Crippen LogP contribution in [0.4, 0.5) is 5.82 Å². The van der Waals surface area contributed by atoms with E-state index >= 15 is 0 Å². The minimum atomic E-state index is 0.276. The average molecular weight is 301 g/mol. The van der Waals surface area contributed by atoms with E-state index in [1.807, 2.05) is 31.2 Å². The minimum Gasteiger partial charge on any atom is -0.383 e. The number of benzene rings is 1. The van der Waals surface area contributed by atoms with Gasteiger partial charge in [-0.1, -0.05) is 24.3 Å². The molecule has 0 unspecified atom stereocenters. The summed E-state index contributed by atoms with van der Waals surface area (Å²) < 4.78 is 0. The first-order valence-corrected chi connectivity index (χ1v) is 7.51. The number of rotatable bonds is 1. The first-order chi connectivity index (χ1) is 11.2. The zero-order valence-corrected chi connectivity index (χ0v) is 12.7. The third-order valence-corrected chi connectivity index (χ3v) is 4.45. The van der Waals surface area contributed by atoms with Crippen molar-refractivity contribution < 1.29 is 0 Å². The van der Waals surface area contributed by atoms with E-state index in [0.717, 1.165) is 52.0 Å². The van der Waals surface area contributed by atoms with Crippen LogP contribution in [-0.4, -0.2) is 15.2 Å². The van der Waals surface area contributed by atoms with E-state index < -0.39 is 0 Å². The number of anilines is 1. The van der Waals surface area contributed by atoms with Crippen molar-refractivity contribution in [2.75, 3.05) is 5.73 Å². The first-order valence-electron chi connectivity index (χ1n) is 7.51. The van der Waals surface area contributed by atoms with Gasteiger partial charge in [0.1, 0.15) is 17.5 Å². The maximum absolute atomic E-state index is 9.62. The van der Waals surface area contributed by atoms with Gasteiger partial charge in [0.15, 0.2) is 0 Å². The Kier molecular flexibility index (Phi) is 2.91. The summed E-state index contributed by atoms with van der Waals surface area (Å²) in [5.74, 6) is 0.276. The molecule has 0 aliphatic heterocycles. The molecule has 3 N–H and O–H groups in total. The lowest BCUT2D eigenvalue weighted by Gasteiger charge is -2.21. The van der Waals surface area contributed by atoms with Gasteiger partial charge in [0.2, 0.25) is 0 Å². The van der Waals surface area contributed by atoms with Gasteiger partial charge in [-0.25, -0.2) is 4.98 Å². The Morgan fingerprint density at radius 2 is 2.04 bits per heavy atom. The summed E-state index contributed by atoms with van der Waals surface area (Å²) in [6, 6.07) is 10.3. The number of nitriles is 1. The summed E-state index contributed by atoms with van der Waals surface area (Å²) in [5.41, 5.74) is 13.6. The molecule has 0 fully saturated rings. The number of fused-ring (bicyclic) bond motifs is 3. The SMILES string of the molecule is Cc1ccccc1-c1c(C#N)c(N)nc2c1CCc1[nH]ncc1-2. The fourth-order valence-electron chi connectivity index (χ4n) is 3.33. The van der Waals surface area contributed by atoms with Crippen molar-refractivity contribution in [2.45, 2.75) is 19.8 Å². The van der Waals surface area contributed by atoms with Crippen LogP contribution in [0.2, 0.25) is 0 Å². The highest BCUT2D eigenvalue weighted by molar-refractivity contribution is 5.86. The fraction of sp³-hybridized carbons (Fsp3) is 0.167. The lowest BCUT2D eigenvalue weighted by molar-refractivity contribution is 0.876. The first kappa shape index (κ1) is 13.5. The molecule has 3 aromatic rings. The lowest BCUT2D eigenvalue weighted by Crippen LogP contribution is -2.11. The quantitative estimate of drug-likeness (QED) is 0.722. The molecular formula is C18H15N5. The Morgan fingerprint density at radius 3 is 2.83 bits per heavy atom. The maximum Gasteiger partial charge on any atom is 0.142 e. The predicted octanol–water partition coefficient (Wildman–Crippen LogP) is 3.00. The summed E-state index contributed by atoms with van der Waals surface area (Å²) in [4.78, 5) is 4.51. The van der Waals surface area contributed by atoms with E-state index in [0.29, 0.717) is 5.56 Å². The third kappa shape index (κ3) is 1.92. The second-order valence-electron chi connectivity index (χ2n) is 5.76. The average Bonchev–Trinajstić information content (AvgIpc) is 3.03. The van der Waals surface area contributed by atoms with Gasteiger partial charge in [-0.2, -0.15) is 10.4 Å². The molecule has 5 heteroatoms. The Bertz CT molecular complexity index is 962. The molecule has 0 spiro atoms. The van der Waals surface area contributed by atoms with E-state index in [2.05, 4.69) is 21.3 Å². The summed E-state index contributed by atoms with van der Waals surface area (Å²) in [6.45, 7) is 2.05. The topological polar surface area (TPSA) is 91.4 Å². The Hall–Kier alpha value is -3.13. The van der Waals surface area contributed by atoms with Crippen molar-refractivity contribution in [1.82, 2.24) is 15.2 Å². The molecule has 0 radical (unpaired) electrons. The van der Waals surface area contributed by atoms with Crippen LogP contribution in [-0.2, 0) is 12.8 Å². The van der Waals surface area contributed by atoms with Crippen molar-refractivity contribution in [1.29, 1.82) is 5.26 Å². The Morgan fingerprint density at radius 1 is 1.22 bits per heavy atom. The van der Waals surface area contributed by atoms with Crippen LogP contribution in [0.5, 0.6) is 0 Å². The van der Waals surface area contributed by atoms with Crippen molar-refractivity contribution in [2.24, 2.45) is 0 Å². The largest absolute Gasteiger partial charge is 0.383 e. The molecule has 1 aromatic carbocycles. The second kappa shape index (κ2) is 4.96. The molecular weight excluding hydrogens is 286 g/mol. The molecule has 112 valence electrons. The fourth-order valence-corrected chi connectivity index (χ4v) is 3.33. The summed E-state index contributed by atoms with van der Waals surface area (Å²) >= 11 is 0. The van der Waals surface area contributed by atoms with E-state index in [4.69, 9.17) is 5.73 Å². The summed E-state index contributed by atoms with van der Waals surface area (Å²) in [6.07, 6.45) is 3.46. The van der Waals surface area contributed by atoms with Crippen molar-refractivity contribution in [3.63, 3.8) is 0 Å². The van der Waals surface area contributed by atoms with Crippen molar-refractivity contribution in [3.05, 3.63) is 52.8 Å². The highest BCUT2D eigenvalue weighted by Gasteiger charge is 2.26. The molecule has 2 heterocycles. The smallest absolute Gasteiger partial charge is 0.142 e. The lowest BCUT2D eigenvalue weighted by atomic mass is 9.84. The summed E-state index contributed by atoms with van der Waals surface area (Å²) in [5, 5.41) is 16.8. The zero-order valence-electron chi connectivity index (χ0n) is 12.7. The van der Waals surface area contributed by atoms with Crippen LogP contribution in [0, 0.1) is 18.3 Å². The molecule has 0 amide bonds. The number of hydrogen-bond donors (Lipinski definition) is 2. The molecule has 0 saturated carbocycles. The molecule has 0 saturated heterocycles. The maximum atomic E-state index is 9.62. The standard InChI is InChI=1S/C18H15N5/c1-10-4-2-3-5-11(10)16-12-6-7-15-14(9-21-23-15)17(12)22-18(20)13(16)8-19/h2-5,9H,6-7H2,1H3,(H2,20,22)(H,21,23). The highest BCUT2D eigenvalue weighted by atomic mass is 15.1. The van der Waals surface area contributed by atoms with Crippen molar-refractivity contribution >= 4 is 5.82 Å². The number of aromatic nitrogens is 3. The molecule has 1 aliphatic carbocycles. The molecule has 0 atom stereocenters. The van der Waals surface area contributed by atoms with Gasteiger partial charge in [-0.3, -0.25) is 5.10 Å². The molecule has 2 aromatic heterocycles.